The van der Waals surface area contributed by atoms with Gasteiger partial charge in [0, 0.05) is 24.2 Å². The summed E-state index contributed by atoms with van der Waals surface area (Å²) in [5, 5.41) is 10.8. The van der Waals surface area contributed by atoms with Crippen molar-refractivity contribution >= 4 is 40.1 Å². The fraction of sp³-hybridized carbons (Fsp3) is 0.391. The zero-order valence-corrected chi connectivity index (χ0v) is 18.4. The van der Waals surface area contributed by atoms with Gasteiger partial charge in [-0.25, -0.2) is 9.37 Å². The minimum absolute atomic E-state index is 0.00618. The van der Waals surface area contributed by atoms with E-state index in [1.54, 1.807) is 30.2 Å². The lowest BCUT2D eigenvalue weighted by Crippen LogP contribution is -2.44. The van der Waals surface area contributed by atoms with Crippen molar-refractivity contribution in [1.82, 2.24) is 20.5 Å². The largest absolute Gasteiger partial charge is 0.349 e. The van der Waals surface area contributed by atoms with Gasteiger partial charge in [-0.1, -0.05) is 11.6 Å². The number of benzene rings is 1. The van der Waals surface area contributed by atoms with Crippen LogP contribution in [0.1, 0.15) is 48.0 Å². The minimum atomic E-state index is -0.440. The SMILES string of the molecule is Cc1cc(N2CC[C@]3(CC[C@@H](NC(=O)c4cnc5[nH]ncc5c4)CC3)C2=O)c(Cl)cc1F. The number of pyridine rings is 1. The number of rotatable bonds is 3. The monoisotopic (exact) mass is 455 g/mol. The number of nitrogens with one attached hydrogen (secondary N) is 2. The second kappa shape index (κ2) is 7.85. The molecule has 1 aliphatic carbocycles. The molecule has 0 atom stereocenters. The van der Waals surface area contributed by atoms with Crippen LogP contribution in [-0.4, -0.2) is 39.6 Å². The van der Waals surface area contributed by atoms with Crippen LogP contribution in [0.2, 0.25) is 5.02 Å². The Morgan fingerprint density at radius 1 is 1.25 bits per heavy atom. The molecule has 2 aromatic heterocycles. The van der Waals surface area contributed by atoms with Gasteiger partial charge in [0.1, 0.15) is 5.82 Å². The van der Waals surface area contributed by atoms with Gasteiger partial charge >= 0.3 is 0 Å². The fourth-order valence-corrected chi connectivity index (χ4v) is 5.16. The van der Waals surface area contributed by atoms with Gasteiger partial charge in [-0.3, -0.25) is 14.7 Å². The molecule has 9 heteroatoms. The van der Waals surface area contributed by atoms with Crippen LogP contribution in [0.15, 0.2) is 30.6 Å². The lowest BCUT2D eigenvalue weighted by Gasteiger charge is -2.36. The van der Waals surface area contributed by atoms with E-state index in [1.165, 1.54) is 12.3 Å². The van der Waals surface area contributed by atoms with E-state index in [-0.39, 0.29) is 28.7 Å². The summed E-state index contributed by atoms with van der Waals surface area (Å²) in [5.41, 5.74) is 1.73. The standard InChI is InChI=1S/C23H23ClFN5O2/c1-13-8-19(17(24)10-18(13)25)30-7-6-23(22(30)32)4-2-16(3-5-23)28-21(31)15-9-14-12-27-29-20(14)26-11-15/h8-12,16H,2-7H2,1H3,(H,28,31)(H,26,27,29)/t16-,23-. The summed E-state index contributed by atoms with van der Waals surface area (Å²) < 4.78 is 13.8. The summed E-state index contributed by atoms with van der Waals surface area (Å²) in [7, 11) is 0. The van der Waals surface area contributed by atoms with E-state index in [0.717, 1.165) is 24.6 Å². The molecular weight excluding hydrogens is 433 g/mol. The summed E-state index contributed by atoms with van der Waals surface area (Å²) in [6, 6.07) is 4.68. The number of hydrogen-bond donors (Lipinski definition) is 2. The number of carbonyl (C=O) groups is 2. The van der Waals surface area contributed by atoms with Crippen LogP contribution < -0.4 is 10.2 Å². The van der Waals surface area contributed by atoms with Crippen molar-refractivity contribution in [3.05, 3.63) is 52.6 Å². The van der Waals surface area contributed by atoms with E-state index < -0.39 is 5.41 Å². The summed E-state index contributed by atoms with van der Waals surface area (Å²) in [5.74, 6) is -0.502. The number of aromatic amines is 1. The van der Waals surface area contributed by atoms with Gasteiger partial charge in [-0.05, 0) is 62.8 Å². The van der Waals surface area contributed by atoms with Crippen LogP contribution in [0.3, 0.4) is 0 Å². The molecule has 1 saturated heterocycles. The first-order chi connectivity index (χ1) is 15.4. The molecular formula is C23H23ClFN5O2. The first-order valence-electron chi connectivity index (χ1n) is 10.7. The zero-order valence-electron chi connectivity index (χ0n) is 17.6. The number of aryl methyl sites for hydroxylation is 1. The van der Waals surface area contributed by atoms with Crippen molar-refractivity contribution in [2.24, 2.45) is 5.41 Å². The van der Waals surface area contributed by atoms with Gasteiger partial charge in [-0.2, -0.15) is 5.10 Å². The van der Waals surface area contributed by atoms with Crippen LogP contribution in [0.5, 0.6) is 0 Å². The Morgan fingerprint density at radius 2 is 2.03 bits per heavy atom. The average Bonchev–Trinajstić information content (AvgIpc) is 3.37. The normalized spacial score (nSPS) is 23.3. The van der Waals surface area contributed by atoms with E-state index in [4.69, 9.17) is 11.6 Å². The highest BCUT2D eigenvalue weighted by molar-refractivity contribution is 6.34. The van der Waals surface area contributed by atoms with Gasteiger partial charge in [0.05, 0.1) is 27.9 Å². The molecule has 2 N–H and O–H groups in total. The predicted octanol–water partition coefficient (Wildman–Crippen LogP) is 4.15. The Balaban J connectivity index is 1.24. The smallest absolute Gasteiger partial charge is 0.253 e. The summed E-state index contributed by atoms with van der Waals surface area (Å²) in [6.07, 6.45) is 6.75. The molecule has 3 aromatic rings. The molecule has 1 saturated carbocycles. The molecule has 32 heavy (non-hydrogen) atoms. The highest BCUT2D eigenvalue weighted by atomic mass is 35.5. The van der Waals surface area contributed by atoms with Gasteiger partial charge < -0.3 is 10.2 Å². The van der Waals surface area contributed by atoms with Crippen LogP contribution >= 0.6 is 11.6 Å². The summed E-state index contributed by atoms with van der Waals surface area (Å²) >= 11 is 6.25. The third-order valence-electron chi connectivity index (χ3n) is 6.86. The third-order valence-corrected chi connectivity index (χ3v) is 7.17. The highest BCUT2D eigenvalue weighted by Crippen LogP contribution is 2.47. The second-order valence-corrected chi connectivity index (χ2v) is 9.23. The van der Waals surface area contributed by atoms with Crippen LogP contribution in [-0.2, 0) is 4.79 Å². The number of H-pyrrole nitrogens is 1. The molecule has 2 aliphatic rings. The Kier molecular flexibility index (Phi) is 5.12. The van der Waals surface area contributed by atoms with Crippen molar-refractivity contribution in [3.8, 4) is 0 Å². The number of anilines is 1. The molecule has 5 rings (SSSR count). The van der Waals surface area contributed by atoms with Crippen molar-refractivity contribution in [2.75, 3.05) is 11.4 Å². The number of carbonyl (C=O) groups excluding carboxylic acids is 2. The topological polar surface area (TPSA) is 91.0 Å². The molecule has 1 aliphatic heterocycles. The number of amides is 2. The molecule has 166 valence electrons. The Bertz CT molecular complexity index is 1220. The maximum Gasteiger partial charge on any atom is 0.253 e. The Hall–Kier alpha value is -3.00. The number of hydrogen-bond acceptors (Lipinski definition) is 4. The maximum atomic E-state index is 13.8. The van der Waals surface area contributed by atoms with Crippen molar-refractivity contribution in [1.29, 1.82) is 0 Å². The molecule has 1 spiro atoms. The third kappa shape index (κ3) is 3.52. The van der Waals surface area contributed by atoms with E-state index in [1.807, 2.05) is 0 Å². The van der Waals surface area contributed by atoms with Gasteiger partial charge in [0.25, 0.3) is 5.91 Å². The van der Waals surface area contributed by atoms with E-state index in [0.29, 0.717) is 41.8 Å². The number of aromatic nitrogens is 3. The van der Waals surface area contributed by atoms with E-state index in [2.05, 4.69) is 20.5 Å². The lowest BCUT2D eigenvalue weighted by molar-refractivity contribution is -0.127. The van der Waals surface area contributed by atoms with Gasteiger partial charge in [0.2, 0.25) is 5.91 Å². The summed E-state index contributed by atoms with van der Waals surface area (Å²) in [4.78, 5) is 31.9. The van der Waals surface area contributed by atoms with Crippen molar-refractivity contribution < 1.29 is 14.0 Å². The predicted molar refractivity (Wildman–Crippen MR) is 119 cm³/mol. The molecule has 0 unspecified atom stereocenters. The molecule has 7 nitrogen and oxygen atoms in total. The summed E-state index contributed by atoms with van der Waals surface area (Å²) in [6.45, 7) is 2.23. The Labute approximate surface area is 189 Å². The number of fused-ring (bicyclic) bond motifs is 1. The van der Waals surface area contributed by atoms with E-state index in [9.17, 15) is 14.0 Å². The van der Waals surface area contributed by atoms with Gasteiger partial charge in [0.15, 0.2) is 5.65 Å². The highest BCUT2D eigenvalue weighted by Gasteiger charge is 2.49. The molecule has 0 bridgehead atoms. The van der Waals surface area contributed by atoms with Crippen LogP contribution in [0.25, 0.3) is 11.0 Å². The minimum Gasteiger partial charge on any atom is -0.349 e. The van der Waals surface area contributed by atoms with E-state index >= 15 is 0 Å². The maximum absolute atomic E-state index is 13.8. The fourth-order valence-electron chi connectivity index (χ4n) is 4.91. The van der Waals surface area contributed by atoms with Gasteiger partial charge in [-0.15, -0.1) is 0 Å². The molecule has 2 amide bonds. The molecule has 2 fully saturated rings. The lowest BCUT2D eigenvalue weighted by atomic mass is 9.71. The van der Waals surface area contributed by atoms with Crippen molar-refractivity contribution in [2.45, 2.75) is 45.1 Å². The average molecular weight is 456 g/mol. The quantitative estimate of drug-likeness (QED) is 0.620. The first kappa shape index (κ1) is 20.9. The van der Waals surface area contributed by atoms with Crippen LogP contribution in [0.4, 0.5) is 10.1 Å². The molecule has 1 aromatic carbocycles. The molecule has 3 heterocycles. The van der Waals surface area contributed by atoms with Crippen molar-refractivity contribution in [3.63, 3.8) is 0 Å². The number of nitrogens with zero attached hydrogens (tertiary/aromatic N) is 3. The Morgan fingerprint density at radius 3 is 2.81 bits per heavy atom. The zero-order chi connectivity index (χ0) is 22.5. The second-order valence-electron chi connectivity index (χ2n) is 8.82. The first-order valence-corrected chi connectivity index (χ1v) is 11.1. The number of halogens is 2. The van der Waals surface area contributed by atoms with Crippen LogP contribution in [0, 0.1) is 18.2 Å². The molecule has 0 radical (unpaired) electrons.